The van der Waals surface area contributed by atoms with Crippen LogP contribution in [0.25, 0.3) is 0 Å². The maximum Gasteiger partial charge on any atom is 0.0428 e. The lowest BCUT2D eigenvalue weighted by atomic mass is 9.98. The lowest BCUT2D eigenvalue weighted by molar-refractivity contribution is 0.670. The van der Waals surface area contributed by atoms with Crippen LogP contribution < -0.4 is 10.2 Å². The van der Waals surface area contributed by atoms with Crippen molar-refractivity contribution in [1.82, 2.24) is 5.32 Å². The zero-order valence-electron chi connectivity index (χ0n) is 12.9. The molecule has 1 rings (SSSR count). The molecule has 2 heteroatoms. The van der Waals surface area contributed by atoms with Crippen molar-refractivity contribution in [3.63, 3.8) is 0 Å². The minimum absolute atomic E-state index is 1.11. The van der Waals surface area contributed by atoms with Gasteiger partial charge in [0, 0.05) is 19.3 Å². The van der Waals surface area contributed by atoms with Crippen LogP contribution in [0, 0.1) is 27.7 Å². The zero-order chi connectivity index (χ0) is 13.7. The lowest BCUT2D eigenvalue weighted by Gasteiger charge is -2.26. The summed E-state index contributed by atoms with van der Waals surface area (Å²) in [6, 6.07) is 2.29. The van der Waals surface area contributed by atoms with E-state index in [1.54, 1.807) is 0 Å². The largest absolute Gasteiger partial charge is 0.374 e. The van der Waals surface area contributed by atoms with Crippen molar-refractivity contribution in [2.45, 2.75) is 40.5 Å². The van der Waals surface area contributed by atoms with Crippen LogP contribution in [-0.4, -0.2) is 27.2 Å². The fourth-order valence-electron chi connectivity index (χ4n) is 2.53. The smallest absolute Gasteiger partial charge is 0.0428 e. The molecular weight excluding hydrogens is 220 g/mol. The van der Waals surface area contributed by atoms with Gasteiger partial charge in [-0.3, -0.25) is 0 Å². The van der Waals surface area contributed by atoms with Crippen LogP contribution in [0.15, 0.2) is 6.07 Å². The molecule has 0 atom stereocenters. The molecule has 1 aromatic carbocycles. The number of nitrogens with zero attached hydrogens (tertiary/aromatic N) is 1. The van der Waals surface area contributed by atoms with E-state index in [0.717, 1.165) is 13.1 Å². The first-order chi connectivity index (χ1) is 8.49. The molecule has 0 radical (unpaired) electrons. The highest BCUT2D eigenvalue weighted by atomic mass is 15.1. The molecule has 0 aliphatic carbocycles. The van der Waals surface area contributed by atoms with Crippen molar-refractivity contribution < 1.29 is 0 Å². The fraction of sp³-hybridized carbons (Fsp3) is 0.625. The second-order valence-electron chi connectivity index (χ2n) is 5.34. The predicted octanol–water partition coefficient (Wildman–Crippen LogP) is 3.36. The van der Waals surface area contributed by atoms with Gasteiger partial charge < -0.3 is 10.2 Å². The molecule has 0 saturated heterocycles. The highest BCUT2D eigenvalue weighted by Gasteiger charge is 2.11. The van der Waals surface area contributed by atoms with Crippen LogP contribution in [0.4, 0.5) is 5.69 Å². The van der Waals surface area contributed by atoms with Gasteiger partial charge in [-0.15, -0.1) is 0 Å². The van der Waals surface area contributed by atoms with E-state index in [-0.39, 0.29) is 0 Å². The molecule has 0 fully saturated rings. The molecular formula is C16H28N2. The lowest BCUT2D eigenvalue weighted by Crippen LogP contribution is -2.22. The average Bonchev–Trinajstić information content (AvgIpc) is 2.32. The Morgan fingerprint density at radius 3 is 2.06 bits per heavy atom. The van der Waals surface area contributed by atoms with E-state index in [9.17, 15) is 0 Å². The van der Waals surface area contributed by atoms with Gasteiger partial charge in [-0.2, -0.15) is 0 Å². The first-order valence-electron chi connectivity index (χ1n) is 6.92. The van der Waals surface area contributed by atoms with E-state index in [1.165, 1.54) is 40.8 Å². The Labute approximate surface area is 112 Å². The summed E-state index contributed by atoms with van der Waals surface area (Å²) in [5.41, 5.74) is 7.07. The standard InChI is InChI=1S/C16H28N2/c1-12-11-13(2)15(4)16(14(12)3)18(6)10-8-7-9-17-5/h11,17H,7-10H2,1-6H3. The normalized spacial score (nSPS) is 10.8. The molecule has 0 aliphatic rings. The Hall–Kier alpha value is -1.02. The Morgan fingerprint density at radius 2 is 1.56 bits per heavy atom. The topological polar surface area (TPSA) is 15.3 Å². The Bertz CT molecular complexity index is 370. The quantitative estimate of drug-likeness (QED) is 0.777. The van der Waals surface area contributed by atoms with Crippen LogP contribution in [0.5, 0.6) is 0 Å². The van der Waals surface area contributed by atoms with Gasteiger partial charge in [0.2, 0.25) is 0 Å². The third-order valence-corrected chi connectivity index (χ3v) is 3.88. The SMILES string of the molecule is CNCCCCN(C)c1c(C)c(C)cc(C)c1C. The molecule has 0 saturated carbocycles. The van der Waals surface area contributed by atoms with Gasteiger partial charge in [0.15, 0.2) is 0 Å². The Kier molecular flexibility index (Phi) is 5.67. The molecule has 0 heterocycles. The van der Waals surface area contributed by atoms with Crippen molar-refractivity contribution in [3.8, 4) is 0 Å². The second kappa shape index (κ2) is 6.79. The average molecular weight is 248 g/mol. The van der Waals surface area contributed by atoms with Crippen molar-refractivity contribution in [2.24, 2.45) is 0 Å². The van der Waals surface area contributed by atoms with Crippen molar-refractivity contribution >= 4 is 5.69 Å². The van der Waals surface area contributed by atoms with E-state index in [4.69, 9.17) is 0 Å². The monoisotopic (exact) mass is 248 g/mol. The summed E-state index contributed by atoms with van der Waals surface area (Å²) >= 11 is 0. The first kappa shape index (κ1) is 15.0. The van der Waals surface area contributed by atoms with Gasteiger partial charge in [-0.25, -0.2) is 0 Å². The summed E-state index contributed by atoms with van der Waals surface area (Å²) in [6.07, 6.45) is 2.48. The maximum absolute atomic E-state index is 3.20. The predicted molar refractivity (Wildman–Crippen MR) is 81.8 cm³/mol. The molecule has 18 heavy (non-hydrogen) atoms. The number of benzene rings is 1. The molecule has 0 unspecified atom stereocenters. The number of aryl methyl sites for hydroxylation is 2. The Morgan fingerprint density at radius 1 is 1.00 bits per heavy atom. The van der Waals surface area contributed by atoms with Crippen LogP contribution >= 0.6 is 0 Å². The van der Waals surface area contributed by atoms with Gasteiger partial charge in [0.1, 0.15) is 0 Å². The minimum Gasteiger partial charge on any atom is -0.374 e. The number of anilines is 1. The molecule has 2 nitrogen and oxygen atoms in total. The van der Waals surface area contributed by atoms with Gasteiger partial charge in [-0.05, 0) is 76.4 Å². The fourth-order valence-corrected chi connectivity index (χ4v) is 2.53. The molecule has 1 aromatic rings. The third-order valence-electron chi connectivity index (χ3n) is 3.88. The van der Waals surface area contributed by atoms with E-state index in [0.29, 0.717) is 0 Å². The number of unbranched alkanes of at least 4 members (excludes halogenated alkanes) is 1. The Balaban J connectivity index is 2.81. The van der Waals surface area contributed by atoms with Crippen molar-refractivity contribution in [2.75, 3.05) is 32.1 Å². The molecule has 102 valence electrons. The van der Waals surface area contributed by atoms with Crippen molar-refractivity contribution in [1.29, 1.82) is 0 Å². The van der Waals surface area contributed by atoms with Crippen LogP contribution in [0.2, 0.25) is 0 Å². The van der Waals surface area contributed by atoms with Gasteiger partial charge in [0.05, 0.1) is 0 Å². The second-order valence-corrected chi connectivity index (χ2v) is 5.34. The van der Waals surface area contributed by atoms with Crippen molar-refractivity contribution in [3.05, 3.63) is 28.3 Å². The number of rotatable bonds is 6. The molecule has 1 N–H and O–H groups in total. The van der Waals surface area contributed by atoms with E-state index in [1.807, 2.05) is 7.05 Å². The summed E-state index contributed by atoms with van der Waals surface area (Å²) in [4.78, 5) is 2.42. The summed E-state index contributed by atoms with van der Waals surface area (Å²) in [7, 11) is 4.23. The summed E-state index contributed by atoms with van der Waals surface area (Å²) in [6.45, 7) is 11.1. The molecule has 0 amide bonds. The van der Waals surface area contributed by atoms with E-state index in [2.05, 4.69) is 51.0 Å². The first-order valence-corrected chi connectivity index (χ1v) is 6.92. The summed E-state index contributed by atoms with van der Waals surface area (Å²) in [5, 5.41) is 3.20. The van der Waals surface area contributed by atoms with E-state index < -0.39 is 0 Å². The summed E-state index contributed by atoms with van der Waals surface area (Å²) < 4.78 is 0. The highest BCUT2D eigenvalue weighted by molar-refractivity contribution is 5.63. The third kappa shape index (κ3) is 3.49. The number of hydrogen-bond donors (Lipinski definition) is 1. The molecule has 0 aromatic heterocycles. The molecule has 0 aliphatic heterocycles. The highest BCUT2D eigenvalue weighted by Crippen LogP contribution is 2.29. The van der Waals surface area contributed by atoms with Gasteiger partial charge >= 0.3 is 0 Å². The van der Waals surface area contributed by atoms with E-state index >= 15 is 0 Å². The van der Waals surface area contributed by atoms with Crippen LogP contribution in [-0.2, 0) is 0 Å². The number of nitrogens with one attached hydrogen (secondary N) is 1. The maximum atomic E-state index is 3.20. The minimum atomic E-state index is 1.11. The van der Waals surface area contributed by atoms with Crippen LogP contribution in [0.3, 0.4) is 0 Å². The van der Waals surface area contributed by atoms with Gasteiger partial charge in [0.25, 0.3) is 0 Å². The molecule has 0 bridgehead atoms. The molecule has 0 spiro atoms. The summed E-state index contributed by atoms with van der Waals surface area (Å²) in [5.74, 6) is 0. The van der Waals surface area contributed by atoms with Crippen LogP contribution in [0.1, 0.15) is 35.1 Å². The number of hydrogen-bond acceptors (Lipinski definition) is 2. The zero-order valence-corrected chi connectivity index (χ0v) is 12.9. The van der Waals surface area contributed by atoms with Gasteiger partial charge in [-0.1, -0.05) is 6.07 Å².